The van der Waals surface area contributed by atoms with Crippen LogP contribution in [-0.4, -0.2) is 85.4 Å². The minimum absolute atomic E-state index is 0.00139. The number of aliphatic hydroxyl groups is 4. The quantitative estimate of drug-likeness (QED) is 0.0813. The number of esters is 1. The lowest BCUT2D eigenvalue weighted by Gasteiger charge is -2.33. The van der Waals surface area contributed by atoms with Gasteiger partial charge in [0.25, 0.3) is 5.17 Å². The van der Waals surface area contributed by atoms with Crippen molar-refractivity contribution in [3.8, 4) is 0 Å². The first-order valence-corrected chi connectivity index (χ1v) is 15.5. The highest BCUT2D eigenvalue weighted by Gasteiger charge is 2.47. The standard InChI is InChI=1S/C32H53NO8S/c1-9-24(35)22(6)29-25(39-29)18-31(7,37)15-10-11-20(4)28-21(5)12-13-26(40-30(42)33-19(2)3)32(8,38)16-14-23(34)17-27(36)41-28/h10-13,15,19,21-26,28-29,34-35,37-38H,9,14,16-18H2,1-8H3,(H,33,42). The minimum atomic E-state index is -1.35. The summed E-state index contributed by atoms with van der Waals surface area (Å²) in [4.78, 5) is 12.7. The zero-order valence-corrected chi connectivity index (χ0v) is 27.3. The Morgan fingerprint density at radius 3 is 2.62 bits per heavy atom. The summed E-state index contributed by atoms with van der Waals surface area (Å²) in [6, 6.07) is 0.0552. The number of allylic oxidation sites excluding steroid dienone is 2. The molecular weight excluding hydrogens is 558 g/mol. The zero-order valence-electron chi connectivity index (χ0n) is 26.4. The molecule has 10 unspecified atom stereocenters. The van der Waals surface area contributed by atoms with Crippen LogP contribution < -0.4 is 5.32 Å². The Morgan fingerprint density at radius 1 is 1.33 bits per heavy atom. The van der Waals surface area contributed by atoms with Crippen molar-refractivity contribution in [1.82, 2.24) is 5.32 Å². The molecule has 0 bridgehead atoms. The second-order valence-electron chi connectivity index (χ2n) is 12.8. The van der Waals surface area contributed by atoms with Gasteiger partial charge < -0.3 is 40.0 Å². The van der Waals surface area contributed by atoms with Crippen molar-refractivity contribution in [2.45, 2.75) is 141 Å². The monoisotopic (exact) mass is 611 g/mol. The molecule has 10 atom stereocenters. The van der Waals surface area contributed by atoms with E-state index in [2.05, 4.69) is 5.32 Å². The maximum atomic E-state index is 12.7. The van der Waals surface area contributed by atoms with Crippen LogP contribution in [0.15, 0.2) is 36.0 Å². The van der Waals surface area contributed by atoms with E-state index in [0.717, 1.165) is 5.57 Å². The van der Waals surface area contributed by atoms with Gasteiger partial charge >= 0.3 is 5.97 Å². The number of carbonyl (C=O) groups excluding carboxylic acids is 1. The molecule has 2 aliphatic heterocycles. The van der Waals surface area contributed by atoms with Crippen LogP contribution in [0.25, 0.3) is 0 Å². The Kier molecular flexibility index (Phi) is 13.7. The van der Waals surface area contributed by atoms with Gasteiger partial charge in [0, 0.05) is 24.3 Å². The van der Waals surface area contributed by atoms with Crippen molar-refractivity contribution in [3.63, 3.8) is 0 Å². The van der Waals surface area contributed by atoms with E-state index in [4.69, 9.17) is 26.4 Å². The molecule has 0 aromatic rings. The average Bonchev–Trinajstić information content (AvgIpc) is 3.64. The fourth-order valence-corrected chi connectivity index (χ4v) is 5.53. The maximum Gasteiger partial charge on any atom is 0.309 e. The Hall–Kier alpha value is -1.82. The van der Waals surface area contributed by atoms with Crippen LogP contribution in [0.2, 0.25) is 0 Å². The number of hydrogen-bond donors (Lipinski definition) is 5. The number of ether oxygens (including phenoxy) is 3. The van der Waals surface area contributed by atoms with Gasteiger partial charge in [-0.15, -0.1) is 0 Å². The molecule has 2 aliphatic rings. The van der Waals surface area contributed by atoms with Crippen LogP contribution in [-0.2, 0) is 19.0 Å². The third-order valence-corrected chi connectivity index (χ3v) is 8.22. The topological polar surface area (TPSA) is 141 Å². The van der Waals surface area contributed by atoms with Gasteiger partial charge in [-0.3, -0.25) is 4.79 Å². The summed E-state index contributed by atoms with van der Waals surface area (Å²) in [7, 11) is 0. The predicted octanol–water partition coefficient (Wildman–Crippen LogP) is 3.87. The average molecular weight is 612 g/mol. The number of epoxide rings is 1. The molecule has 0 aromatic heterocycles. The van der Waals surface area contributed by atoms with E-state index in [1.165, 1.54) is 0 Å². The van der Waals surface area contributed by atoms with E-state index in [9.17, 15) is 25.2 Å². The van der Waals surface area contributed by atoms with Crippen LogP contribution in [0, 0.1) is 11.8 Å². The first kappa shape index (κ1) is 36.4. The zero-order chi connectivity index (χ0) is 31.8. The summed E-state index contributed by atoms with van der Waals surface area (Å²) in [6.45, 7) is 14.8. The number of aliphatic hydroxyl groups excluding tert-OH is 2. The molecule has 0 saturated carbocycles. The van der Waals surface area contributed by atoms with Gasteiger partial charge in [-0.1, -0.05) is 45.1 Å². The molecule has 10 heteroatoms. The molecule has 9 nitrogen and oxygen atoms in total. The molecule has 2 heterocycles. The Balaban J connectivity index is 2.21. The lowest BCUT2D eigenvalue weighted by molar-refractivity contribution is -0.151. The highest BCUT2D eigenvalue weighted by molar-refractivity contribution is 7.80. The van der Waals surface area contributed by atoms with Gasteiger partial charge in [0.1, 0.15) is 17.8 Å². The smallest absolute Gasteiger partial charge is 0.309 e. The molecule has 2 rings (SSSR count). The van der Waals surface area contributed by atoms with Gasteiger partial charge in [0.2, 0.25) is 0 Å². The summed E-state index contributed by atoms with van der Waals surface area (Å²) < 4.78 is 17.5. The maximum absolute atomic E-state index is 12.7. The SMILES string of the molecule is CCC(O)C(C)C1OC1CC(C)(O)C=CC=C(C)C1OC(=O)CC(O)CCC(C)(O)C(OC(=S)NC(C)C)C=CC1C. The second kappa shape index (κ2) is 15.8. The van der Waals surface area contributed by atoms with Gasteiger partial charge in [-0.25, -0.2) is 0 Å². The van der Waals surface area contributed by atoms with Crippen molar-refractivity contribution >= 4 is 23.4 Å². The highest BCUT2D eigenvalue weighted by Crippen LogP contribution is 2.37. The molecule has 240 valence electrons. The molecule has 5 N–H and O–H groups in total. The largest absolute Gasteiger partial charge is 0.460 e. The Morgan fingerprint density at radius 2 is 2.00 bits per heavy atom. The molecule has 0 spiro atoms. The number of rotatable bonds is 10. The lowest BCUT2D eigenvalue weighted by atomic mass is 9.88. The Labute approximate surface area is 257 Å². The van der Waals surface area contributed by atoms with Gasteiger partial charge in [0.05, 0.1) is 36.4 Å². The number of carbonyl (C=O) groups is 1. The van der Waals surface area contributed by atoms with E-state index in [0.29, 0.717) is 12.8 Å². The number of thiocarbonyl (C=S) groups is 1. The van der Waals surface area contributed by atoms with E-state index < -0.39 is 41.6 Å². The van der Waals surface area contributed by atoms with Crippen LogP contribution in [0.3, 0.4) is 0 Å². The second-order valence-corrected chi connectivity index (χ2v) is 13.2. The first-order chi connectivity index (χ1) is 19.5. The van der Waals surface area contributed by atoms with Crippen LogP contribution >= 0.6 is 12.2 Å². The first-order valence-electron chi connectivity index (χ1n) is 15.1. The van der Waals surface area contributed by atoms with E-state index >= 15 is 0 Å². The Bertz CT molecular complexity index is 991. The summed E-state index contributed by atoms with van der Waals surface area (Å²) in [6.07, 6.45) is 6.92. The van der Waals surface area contributed by atoms with Gasteiger partial charge in [0.15, 0.2) is 0 Å². The van der Waals surface area contributed by atoms with Crippen molar-refractivity contribution in [1.29, 1.82) is 0 Å². The van der Waals surface area contributed by atoms with Crippen LogP contribution in [0.5, 0.6) is 0 Å². The molecule has 0 aliphatic carbocycles. The summed E-state index contributed by atoms with van der Waals surface area (Å²) in [5, 5.41) is 46.0. The van der Waals surface area contributed by atoms with Gasteiger partial charge in [-0.2, -0.15) is 0 Å². The summed E-state index contributed by atoms with van der Waals surface area (Å²) >= 11 is 5.32. The predicted molar refractivity (Wildman–Crippen MR) is 167 cm³/mol. The molecule has 0 radical (unpaired) electrons. The van der Waals surface area contributed by atoms with Crippen LogP contribution in [0.1, 0.15) is 87.5 Å². The molecule has 1 saturated heterocycles. The van der Waals surface area contributed by atoms with Crippen molar-refractivity contribution in [2.75, 3.05) is 0 Å². The van der Waals surface area contributed by atoms with Crippen molar-refractivity contribution in [3.05, 3.63) is 36.0 Å². The normalized spacial score (nSPS) is 34.1. The highest BCUT2D eigenvalue weighted by atomic mass is 32.1. The van der Waals surface area contributed by atoms with Crippen molar-refractivity contribution < 1.29 is 39.4 Å². The third kappa shape index (κ3) is 11.7. The molecule has 0 aromatic carbocycles. The molecular formula is C32H53NO8S. The molecule has 42 heavy (non-hydrogen) atoms. The van der Waals surface area contributed by atoms with E-state index in [1.807, 2.05) is 47.6 Å². The van der Waals surface area contributed by atoms with Crippen molar-refractivity contribution in [2.24, 2.45) is 11.8 Å². The lowest BCUT2D eigenvalue weighted by Crippen LogP contribution is -2.45. The minimum Gasteiger partial charge on any atom is -0.460 e. The molecule has 1 fully saturated rings. The van der Waals surface area contributed by atoms with Gasteiger partial charge in [-0.05, 0) is 77.7 Å². The number of nitrogens with one attached hydrogen (secondary N) is 1. The fourth-order valence-electron chi connectivity index (χ4n) is 5.19. The number of hydrogen-bond acceptors (Lipinski definition) is 9. The third-order valence-electron chi connectivity index (χ3n) is 8.01. The summed E-state index contributed by atoms with van der Waals surface area (Å²) in [5.41, 5.74) is -1.75. The van der Waals surface area contributed by atoms with E-state index in [-0.39, 0.29) is 54.5 Å². The molecule has 0 amide bonds. The summed E-state index contributed by atoms with van der Waals surface area (Å²) in [5.74, 6) is -0.843. The van der Waals surface area contributed by atoms with E-state index in [1.54, 1.807) is 38.2 Å². The fraction of sp³-hybridized carbons (Fsp3) is 0.750. The van der Waals surface area contributed by atoms with Crippen LogP contribution in [0.4, 0.5) is 0 Å². The number of cyclic esters (lactones) is 1.